The molecular formula is C14H26N2. The van der Waals surface area contributed by atoms with Crippen molar-refractivity contribution >= 4 is 0 Å². The molecule has 0 spiro atoms. The Bertz CT molecular complexity index is 234. The molecule has 1 aliphatic carbocycles. The third-order valence-electron chi connectivity index (χ3n) is 3.80. The van der Waals surface area contributed by atoms with Gasteiger partial charge >= 0.3 is 0 Å². The first-order valence-corrected chi connectivity index (χ1v) is 6.70. The maximum absolute atomic E-state index is 8.90. The smallest absolute Gasteiger partial charge is 0.0666 e. The van der Waals surface area contributed by atoms with Gasteiger partial charge in [-0.05, 0) is 44.6 Å². The van der Waals surface area contributed by atoms with Crippen LogP contribution in [0.25, 0.3) is 0 Å². The van der Waals surface area contributed by atoms with Crippen molar-refractivity contribution in [2.75, 3.05) is 13.1 Å². The lowest BCUT2D eigenvalue weighted by Crippen LogP contribution is -2.42. The highest BCUT2D eigenvalue weighted by Crippen LogP contribution is 2.31. The zero-order valence-corrected chi connectivity index (χ0v) is 11.2. The van der Waals surface area contributed by atoms with Crippen LogP contribution in [-0.4, -0.2) is 24.0 Å². The first kappa shape index (κ1) is 13.5. The number of nitriles is 1. The summed E-state index contributed by atoms with van der Waals surface area (Å²) in [5.41, 5.74) is 0. The van der Waals surface area contributed by atoms with Gasteiger partial charge in [0.15, 0.2) is 0 Å². The normalized spacial score (nSPS) is 32.4. The maximum atomic E-state index is 8.90. The Morgan fingerprint density at radius 3 is 2.25 bits per heavy atom. The molecule has 92 valence electrons. The minimum Gasteiger partial charge on any atom is -0.299 e. The molecule has 0 aromatic heterocycles. The van der Waals surface area contributed by atoms with Gasteiger partial charge in [0.05, 0.1) is 12.0 Å². The van der Waals surface area contributed by atoms with E-state index in [1.54, 1.807) is 0 Å². The van der Waals surface area contributed by atoms with Gasteiger partial charge in [0.2, 0.25) is 0 Å². The summed E-state index contributed by atoms with van der Waals surface area (Å²) in [5, 5.41) is 8.90. The summed E-state index contributed by atoms with van der Waals surface area (Å²) in [6.07, 6.45) is 4.01. The standard InChI is InChI=1S/C14H26N2/c1-5-16(10-13(4)9-15)14-7-11(2)6-12(3)8-14/h11-14H,5-8,10H2,1-4H3. The molecule has 0 heterocycles. The summed E-state index contributed by atoms with van der Waals surface area (Å²) in [4.78, 5) is 2.51. The number of rotatable bonds is 4. The summed E-state index contributed by atoms with van der Waals surface area (Å²) < 4.78 is 0. The summed E-state index contributed by atoms with van der Waals surface area (Å²) in [6, 6.07) is 3.06. The van der Waals surface area contributed by atoms with Crippen molar-refractivity contribution in [3.8, 4) is 6.07 Å². The second kappa shape index (κ2) is 6.25. The van der Waals surface area contributed by atoms with Crippen molar-refractivity contribution < 1.29 is 0 Å². The van der Waals surface area contributed by atoms with Crippen LogP contribution in [-0.2, 0) is 0 Å². The number of hydrogen-bond acceptors (Lipinski definition) is 2. The Morgan fingerprint density at radius 2 is 1.81 bits per heavy atom. The molecule has 2 nitrogen and oxygen atoms in total. The van der Waals surface area contributed by atoms with Crippen molar-refractivity contribution in [3.05, 3.63) is 0 Å². The zero-order chi connectivity index (χ0) is 12.1. The molecule has 0 saturated heterocycles. The average molecular weight is 222 g/mol. The van der Waals surface area contributed by atoms with E-state index in [4.69, 9.17) is 5.26 Å². The Labute approximate surface area is 101 Å². The fourth-order valence-electron chi connectivity index (χ4n) is 3.13. The Balaban J connectivity index is 2.55. The Hall–Kier alpha value is -0.550. The third-order valence-corrected chi connectivity index (χ3v) is 3.80. The molecule has 0 aliphatic heterocycles. The quantitative estimate of drug-likeness (QED) is 0.730. The maximum Gasteiger partial charge on any atom is 0.0666 e. The van der Waals surface area contributed by atoms with Crippen LogP contribution in [0.5, 0.6) is 0 Å². The zero-order valence-electron chi connectivity index (χ0n) is 11.2. The first-order valence-electron chi connectivity index (χ1n) is 6.70. The number of hydrogen-bond donors (Lipinski definition) is 0. The van der Waals surface area contributed by atoms with Crippen molar-refractivity contribution in [2.45, 2.75) is 53.0 Å². The lowest BCUT2D eigenvalue weighted by atomic mass is 9.79. The van der Waals surface area contributed by atoms with E-state index in [1.807, 2.05) is 6.92 Å². The molecule has 1 rings (SSSR count). The van der Waals surface area contributed by atoms with E-state index in [0.717, 1.165) is 24.9 Å². The van der Waals surface area contributed by atoms with Gasteiger partial charge < -0.3 is 0 Å². The van der Waals surface area contributed by atoms with Gasteiger partial charge in [0.1, 0.15) is 0 Å². The molecule has 0 aromatic rings. The largest absolute Gasteiger partial charge is 0.299 e. The molecule has 0 N–H and O–H groups in total. The van der Waals surface area contributed by atoms with Gasteiger partial charge in [-0.25, -0.2) is 0 Å². The van der Waals surface area contributed by atoms with E-state index in [9.17, 15) is 0 Å². The summed E-state index contributed by atoms with van der Waals surface area (Å²) in [6.45, 7) is 11.0. The van der Waals surface area contributed by atoms with Gasteiger partial charge in [0, 0.05) is 12.6 Å². The second-order valence-corrected chi connectivity index (χ2v) is 5.69. The first-order chi connectivity index (χ1) is 7.56. The highest BCUT2D eigenvalue weighted by atomic mass is 15.2. The monoisotopic (exact) mass is 222 g/mol. The highest BCUT2D eigenvalue weighted by molar-refractivity contribution is 4.86. The fraction of sp³-hybridized carbons (Fsp3) is 0.929. The van der Waals surface area contributed by atoms with Crippen molar-refractivity contribution in [3.63, 3.8) is 0 Å². The molecule has 3 atom stereocenters. The summed E-state index contributed by atoms with van der Waals surface area (Å²) in [5.74, 6) is 1.85. The van der Waals surface area contributed by atoms with E-state index in [-0.39, 0.29) is 5.92 Å². The summed E-state index contributed by atoms with van der Waals surface area (Å²) in [7, 11) is 0. The topological polar surface area (TPSA) is 27.0 Å². The highest BCUT2D eigenvalue weighted by Gasteiger charge is 2.28. The van der Waals surface area contributed by atoms with E-state index < -0.39 is 0 Å². The fourth-order valence-corrected chi connectivity index (χ4v) is 3.13. The SMILES string of the molecule is CCN(CC(C)C#N)C1CC(C)CC(C)C1. The lowest BCUT2D eigenvalue weighted by Gasteiger charge is -2.39. The molecular weight excluding hydrogens is 196 g/mol. The molecule has 2 heteroatoms. The van der Waals surface area contributed by atoms with E-state index >= 15 is 0 Å². The molecule has 1 saturated carbocycles. The molecule has 0 radical (unpaired) electrons. The Morgan fingerprint density at radius 1 is 1.25 bits per heavy atom. The minimum absolute atomic E-state index is 0.160. The average Bonchev–Trinajstić information content (AvgIpc) is 2.24. The van der Waals surface area contributed by atoms with Gasteiger partial charge in [-0.15, -0.1) is 0 Å². The molecule has 1 fully saturated rings. The number of nitrogens with zero attached hydrogens (tertiary/aromatic N) is 2. The molecule has 0 bridgehead atoms. The van der Waals surface area contributed by atoms with Crippen molar-refractivity contribution in [2.24, 2.45) is 17.8 Å². The van der Waals surface area contributed by atoms with Gasteiger partial charge in [-0.2, -0.15) is 5.26 Å². The molecule has 0 amide bonds. The molecule has 0 aromatic carbocycles. The van der Waals surface area contributed by atoms with Crippen LogP contribution in [0.4, 0.5) is 0 Å². The van der Waals surface area contributed by atoms with Gasteiger partial charge in [0.25, 0.3) is 0 Å². The van der Waals surface area contributed by atoms with Crippen molar-refractivity contribution in [1.29, 1.82) is 5.26 Å². The Kier molecular flexibility index (Phi) is 5.28. The third kappa shape index (κ3) is 3.79. The van der Waals surface area contributed by atoms with Crippen LogP contribution in [0.15, 0.2) is 0 Å². The minimum atomic E-state index is 0.160. The van der Waals surface area contributed by atoms with E-state index in [0.29, 0.717) is 6.04 Å². The lowest BCUT2D eigenvalue weighted by molar-refractivity contribution is 0.107. The predicted molar refractivity (Wildman–Crippen MR) is 68.0 cm³/mol. The van der Waals surface area contributed by atoms with Crippen LogP contribution < -0.4 is 0 Å². The van der Waals surface area contributed by atoms with Crippen molar-refractivity contribution in [1.82, 2.24) is 4.90 Å². The van der Waals surface area contributed by atoms with Crippen LogP contribution in [0.1, 0.15) is 47.0 Å². The van der Waals surface area contributed by atoms with Gasteiger partial charge in [-0.1, -0.05) is 20.8 Å². The summed E-state index contributed by atoms with van der Waals surface area (Å²) >= 11 is 0. The predicted octanol–water partition coefficient (Wildman–Crippen LogP) is 3.29. The molecule has 3 unspecified atom stereocenters. The van der Waals surface area contributed by atoms with Gasteiger partial charge in [-0.3, -0.25) is 4.90 Å². The van der Waals surface area contributed by atoms with E-state index in [2.05, 4.69) is 31.7 Å². The molecule has 16 heavy (non-hydrogen) atoms. The van der Waals surface area contributed by atoms with Crippen LogP contribution >= 0.6 is 0 Å². The van der Waals surface area contributed by atoms with E-state index in [1.165, 1.54) is 19.3 Å². The molecule has 1 aliphatic rings. The van der Waals surface area contributed by atoms with Crippen LogP contribution in [0.2, 0.25) is 0 Å². The van der Waals surface area contributed by atoms with Crippen LogP contribution in [0, 0.1) is 29.1 Å². The van der Waals surface area contributed by atoms with Crippen LogP contribution in [0.3, 0.4) is 0 Å². The second-order valence-electron chi connectivity index (χ2n) is 5.69.